The maximum absolute atomic E-state index is 12.1. The zero-order valence-electron chi connectivity index (χ0n) is 16.9. The number of nitrogens with zero attached hydrogens (tertiary/aromatic N) is 2. The number of aromatic nitrogens is 2. The van der Waals surface area contributed by atoms with Gasteiger partial charge in [0.25, 0.3) is 0 Å². The molecule has 1 aromatic heterocycles. The Bertz CT molecular complexity index is 813. The predicted octanol–water partition coefficient (Wildman–Crippen LogP) is 3.10. The van der Waals surface area contributed by atoms with Crippen LogP contribution < -0.4 is 0 Å². The van der Waals surface area contributed by atoms with Gasteiger partial charge in [0.1, 0.15) is 11.9 Å². The Balaban J connectivity index is 1.56. The lowest BCUT2D eigenvalue weighted by Gasteiger charge is -2.62. The van der Waals surface area contributed by atoms with Gasteiger partial charge in [0, 0.05) is 11.6 Å². The fraction of sp³-hybridized carbons (Fsp3) is 0.739. The van der Waals surface area contributed by atoms with Gasteiger partial charge in [0.05, 0.1) is 17.4 Å². The van der Waals surface area contributed by atoms with Crippen molar-refractivity contribution < 1.29 is 15.3 Å². The molecule has 3 fully saturated rings. The topological polar surface area (TPSA) is 86.5 Å². The first-order valence-electron chi connectivity index (χ1n) is 10.8. The largest absolute Gasteiger partial charge is 0.393 e. The first-order valence-corrected chi connectivity index (χ1v) is 10.8. The molecule has 5 heteroatoms. The van der Waals surface area contributed by atoms with Gasteiger partial charge in [-0.05, 0) is 74.7 Å². The minimum Gasteiger partial charge on any atom is -0.393 e. The number of fused-ring (bicyclic) bond motifs is 5. The molecule has 3 saturated carbocycles. The normalized spacial score (nSPS) is 50.3. The molecule has 2 unspecified atom stereocenters. The Kier molecular flexibility index (Phi) is 3.92. The molecule has 152 valence electrons. The van der Waals surface area contributed by atoms with Crippen LogP contribution >= 0.6 is 0 Å². The van der Waals surface area contributed by atoms with Crippen molar-refractivity contribution in [3.8, 4) is 0 Å². The van der Waals surface area contributed by atoms with Gasteiger partial charge in [0.15, 0.2) is 0 Å². The van der Waals surface area contributed by atoms with Gasteiger partial charge in [0.2, 0.25) is 0 Å². The van der Waals surface area contributed by atoms with Gasteiger partial charge < -0.3 is 15.3 Å². The maximum atomic E-state index is 12.1. The van der Waals surface area contributed by atoms with Crippen molar-refractivity contribution in [1.29, 1.82) is 0 Å². The maximum Gasteiger partial charge on any atom is 0.115 e. The van der Waals surface area contributed by atoms with Crippen molar-refractivity contribution in [2.75, 3.05) is 0 Å². The van der Waals surface area contributed by atoms with Crippen molar-refractivity contribution >= 4 is 0 Å². The molecule has 0 saturated heterocycles. The van der Waals surface area contributed by atoms with E-state index in [1.807, 2.05) is 0 Å². The smallest absolute Gasteiger partial charge is 0.115 e. The van der Waals surface area contributed by atoms with Crippen LogP contribution in [0, 0.1) is 22.7 Å². The zero-order valence-corrected chi connectivity index (χ0v) is 16.9. The standard InChI is InChI=1S/C23H32N2O3/c1-20-8-5-16(26)13-15(20)3-4-18-17(20)6-9-21(2)22(18,27)10-11-23(21,28)19-7-12-24-14-25-19/h3,7,12,14,16-18,26-28H,4-6,8-11,13H2,1-2H3/t16?,17-,18-,20+,21+,22-,23?/m1/s1. The Morgan fingerprint density at radius 2 is 1.86 bits per heavy atom. The van der Waals surface area contributed by atoms with Crippen LogP contribution in [0.5, 0.6) is 0 Å². The molecular formula is C23H32N2O3. The van der Waals surface area contributed by atoms with Gasteiger partial charge >= 0.3 is 0 Å². The second-order valence-corrected chi connectivity index (χ2v) is 10.2. The van der Waals surface area contributed by atoms with Gasteiger partial charge in [-0.2, -0.15) is 0 Å². The number of hydrogen-bond acceptors (Lipinski definition) is 5. The van der Waals surface area contributed by atoms with Crippen molar-refractivity contribution in [2.45, 2.75) is 82.5 Å². The third-order valence-electron chi connectivity index (χ3n) is 9.42. The monoisotopic (exact) mass is 384 g/mol. The molecule has 5 rings (SSSR count). The molecule has 28 heavy (non-hydrogen) atoms. The summed E-state index contributed by atoms with van der Waals surface area (Å²) in [6.45, 7) is 4.42. The van der Waals surface area contributed by atoms with E-state index in [-0.39, 0.29) is 17.4 Å². The van der Waals surface area contributed by atoms with Gasteiger partial charge in [-0.1, -0.05) is 25.5 Å². The predicted molar refractivity (Wildman–Crippen MR) is 105 cm³/mol. The molecule has 0 spiro atoms. The molecule has 0 radical (unpaired) electrons. The zero-order chi connectivity index (χ0) is 19.8. The van der Waals surface area contributed by atoms with Crippen LogP contribution in [-0.2, 0) is 5.60 Å². The molecule has 4 aliphatic rings. The summed E-state index contributed by atoms with van der Waals surface area (Å²) >= 11 is 0. The van der Waals surface area contributed by atoms with E-state index in [9.17, 15) is 15.3 Å². The number of aliphatic hydroxyl groups excluding tert-OH is 1. The van der Waals surface area contributed by atoms with Crippen LogP contribution in [0.4, 0.5) is 0 Å². The van der Waals surface area contributed by atoms with Crippen LogP contribution in [0.25, 0.3) is 0 Å². The molecule has 7 atom stereocenters. The number of allylic oxidation sites excluding steroid dienone is 1. The molecule has 0 aliphatic heterocycles. The third kappa shape index (κ3) is 2.13. The quantitative estimate of drug-likeness (QED) is 0.648. The summed E-state index contributed by atoms with van der Waals surface area (Å²) in [6, 6.07) is 1.80. The summed E-state index contributed by atoms with van der Waals surface area (Å²) in [5.41, 5.74) is -0.553. The highest BCUT2D eigenvalue weighted by atomic mass is 16.3. The van der Waals surface area contributed by atoms with Crippen LogP contribution in [0.3, 0.4) is 0 Å². The third-order valence-corrected chi connectivity index (χ3v) is 9.42. The first-order chi connectivity index (χ1) is 13.2. The van der Waals surface area contributed by atoms with E-state index in [2.05, 4.69) is 29.9 Å². The van der Waals surface area contributed by atoms with Crippen LogP contribution in [0.15, 0.2) is 30.2 Å². The van der Waals surface area contributed by atoms with E-state index < -0.39 is 16.6 Å². The van der Waals surface area contributed by atoms with Gasteiger partial charge in [-0.25, -0.2) is 9.97 Å². The van der Waals surface area contributed by atoms with E-state index in [0.717, 1.165) is 38.5 Å². The average molecular weight is 385 g/mol. The second-order valence-electron chi connectivity index (χ2n) is 10.2. The van der Waals surface area contributed by atoms with Crippen molar-refractivity contribution in [3.05, 3.63) is 35.9 Å². The van der Waals surface area contributed by atoms with Gasteiger partial charge in [-0.3, -0.25) is 0 Å². The highest BCUT2D eigenvalue weighted by molar-refractivity contribution is 5.32. The van der Waals surface area contributed by atoms with E-state index >= 15 is 0 Å². The van der Waals surface area contributed by atoms with Crippen molar-refractivity contribution in [1.82, 2.24) is 9.97 Å². The highest BCUT2D eigenvalue weighted by Crippen LogP contribution is 2.70. The second kappa shape index (κ2) is 5.87. The lowest BCUT2D eigenvalue weighted by molar-refractivity contribution is -0.219. The molecule has 4 aliphatic carbocycles. The van der Waals surface area contributed by atoms with Crippen LogP contribution in [-0.4, -0.2) is 37.0 Å². The summed E-state index contributed by atoms with van der Waals surface area (Å²) in [6.07, 6.45) is 11.6. The lowest BCUT2D eigenvalue weighted by atomic mass is 9.45. The Labute approximate surface area is 166 Å². The lowest BCUT2D eigenvalue weighted by Crippen LogP contribution is -2.63. The summed E-state index contributed by atoms with van der Waals surface area (Å²) in [7, 11) is 0. The van der Waals surface area contributed by atoms with Gasteiger partial charge in [-0.15, -0.1) is 0 Å². The SMILES string of the molecule is C[C@]12CCC(O)CC1=CC[C@@H]1[C@H]2CC[C@]2(C)C(O)(c3ccncn3)CC[C@@]12O. The minimum atomic E-state index is -1.12. The molecule has 1 heterocycles. The minimum absolute atomic E-state index is 0.0643. The summed E-state index contributed by atoms with van der Waals surface area (Å²) in [5, 5.41) is 34.1. The molecular weight excluding hydrogens is 352 g/mol. The molecule has 0 amide bonds. The van der Waals surface area contributed by atoms with E-state index in [4.69, 9.17) is 0 Å². The van der Waals surface area contributed by atoms with E-state index in [0.29, 0.717) is 24.5 Å². The molecule has 1 aromatic rings. The molecule has 0 bridgehead atoms. The Hall–Kier alpha value is -1.30. The molecule has 0 aromatic carbocycles. The molecule has 3 N–H and O–H groups in total. The number of aliphatic hydroxyl groups is 3. The summed E-state index contributed by atoms with van der Waals surface area (Å²) < 4.78 is 0. The Morgan fingerprint density at radius 1 is 1.04 bits per heavy atom. The Morgan fingerprint density at radius 3 is 2.61 bits per heavy atom. The fourth-order valence-electron chi connectivity index (χ4n) is 7.57. The van der Waals surface area contributed by atoms with Crippen molar-refractivity contribution in [3.63, 3.8) is 0 Å². The average Bonchev–Trinajstić information content (AvgIpc) is 2.91. The fourth-order valence-corrected chi connectivity index (χ4v) is 7.57. The van der Waals surface area contributed by atoms with E-state index in [1.165, 1.54) is 11.9 Å². The summed E-state index contributed by atoms with van der Waals surface area (Å²) in [5.74, 6) is 0.553. The summed E-state index contributed by atoms with van der Waals surface area (Å²) in [4.78, 5) is 8.38. The van der Waals surface area contributed by atoms with Crippen LogP contribution in [0.2, 0.25) is 0 Å². The number of rotatable bonds is 1. The van der Waals surface area contributed by atoms with E-state index in [1.54, 1.807) is 12.3 Å². The van der Waals surface area contributed by atoms with Crippen LogP contribution in [0.1, 0.15) is 70.9 Å². The van der Waals surface area contributed by atoms with Crippen molar-refractivity contribution in [2.24, 2.45) is 22.7 Å². The number of hydrogen-bond donors (Lipinski definition) is 3. The highest BCUT2D eigenvalue weighted by Gasteiger charge is 2.71. The molecule has 5 nitrogen and oxygen atoms in total. The first kappa shape index (κ1) is 18.7.